The lowest BCUT2D eigenvalue weighted by Gasteiger charge is -2.29. The lowest BCUT2D eigenvalue weighted by atomic mass is 9.79. The molecule has 1 atom stereocenters. The van der Waals surface area contributed by atoms with E-state index in [4.69, 9.17) is 0 Å². The Morgan fingerprint density at radius 3 is 2.44 bits per heavy atom. The topological polar surface area (TPSA) is 20.2 Å². The van der Waals surface area contributed by atoms with Crippen LogP contribution in [0.4, 0.5) is 0 Å². The summed E-state index contributed by atoms with van der Waals surface area (Å²) < 4.78 is 0. The van der Waals surface area contributed by atoms with Crippen LogP contribution >= 0.6 is 0 Å². The van der Waals surface area contributed by atoms with Gasteiger partial charge in [-0.15, -0.1) is 6.58 Å². The van der Waals surface area contributed by atoms with Crippen LogP contribution in [-0.4, -0.2) is 11.2 Å². The smallest absolute Gasteiger partial charge is 0.0758 e. The minimum absolute atomic E-state index is 0.244. The van der Waals surface area contributed by atoms with E-state index in [0.29, 0.717) is 5.92 Å². The Bertz CT molecular complexity index is 242. The van der Waals surface area contributed by atoms with Crippen LogP contribution in [0.5, 0.6) is 0 Å². The fourth-order valence-corrected chi connectivity index (χ4v) is 2.86. The summed E-state index contributed by atoms with van der Waals surface area (Å²) in [6.45, 7) is 8.00. The van der Waals surface area contributed by atoms with Crippen LogP contribution in [0.2, 0.25) is 0 Å². The van der Waals surface area contributed by atoms with Crippen LogP contribution in [0.25, 0.3) is 0 Å². The highest BCUT2D eigenvalue weighted by atomic mass is 16.3. The Labute approximate surface area is 100 Å². The third-order valence-electron chi connectivity index (χ3n) is 3.63. The number of hydrogen-bond acceptors (Lipinski definition) is 1. The molecule has 92 valence electrons. The third-order valence-corrected chi connectivity index (χ3v) is 3.63. The number of aliphatic hydroxyl groups is 1. The SMILES string of the molecule is C=CCCC(O)C(=C(C)C)C1CCCCC1. The van der Waals surface area contributed by atoms with E-state index < -0.39 is 0 Å². The minimum Gasteiger partial charge on any atom is -0.389 e. The van der Waals surface area contributed by atoms with Gasteiger partial charge < -0.3 is 5.11 Å². The van der Waals surface area contributed by atoms with E-state index in [2.05, 4.69) is 20.4 Å². The lowest BCUT2D eigenvalue weighted by Crippen LogP contribution is -2.21. The zero-order chi connectivity index (χ0) is 12.0. The Hall–Kier alpha value is -0.560. The summed E-state index contributed by atoms with van der Waals surface area (Å²) in [6.07, 6.45) is 9.96. The molecule has 1 heteroatoms. The summed E-state index contributed by atoms with van der Waals surface area (Å²) in [5.74, 6) is 0.638. The molecule has 0 amide bonds. The number of hydrogen-bond donors (Lipinski definition) is 1. The molecule has 1 saturated carbocycles. The maximum Gasteiger partial charge on any atom is 0.0758 e. The highest BCUT2D eigenvalue weighted by Crippen LogP contribution is 2.34. The van der Waals surface area contributed by atoms with Crippen LogP contribution in [0.15, 0.2) is 23.8 Å². The van der Waals surface area contributed by atoms with Crippen molar-refractivity contribution in [2.45, 2.75) is 64.9 Å². The highest BCUT2D eigenvalue weighted by Gasteiger charge is 2.23. The van der Waals surface area contributed by atoms with Gasteiger partial charge in [0.05, 0.1) is 6.10 Å². The molecule has 0 heterocycles. The van der Waals surface area contributed by atoms with E-state index in [1.54, 1.807) is 0 Å². The summed E-state index contributed by atoms with van der Waals surface area (Å²) in [7, 11) is 0. The average molecular weight is 222 g/mol. The highest BCUT2D eigenvalue weighted by molar-refractivity contribution is 5.18. The van der Waals surface area contributed by atoms with Crippen molar-refractivity contribution in [2.24, 2.45) is 5.92 Å². The van der Waals surface area contributed by atoms with Gasteiger partial charge in [0.15, 0.2) is 0 Å². The first-order chi connectivity index (χ1) is 7.66. The van der Waals surface area contributed by atoms with Gasteiger partial charge in [-0.1, -0.05) is 30.9 Å². The van der Waals surface area contributed by atoms with E-state index in [1.165, 1.54) is 43.3 Å². The maximum absolute atomic E-state index is 10.3. The van der Waals surface area contributed by atoms with Gasteiger partial charge in [-0.05, 0) is 51.0 Å². The molecule has 1 aliphatic rings. The first-order valence-corrected chi connectivity index (χ1v) is 6.63. The summed E-state index contributed by atoms with van der Waals surface area (Å²) in [5, 5.41) is 10.3. The molecular formula is C15H26O. The second-order valence-electron chi connectivity index (χ2n) is 5.17. The van der Waals surface area contributed by atoms with Crippen LogP contribution in [0.1, 0.15) is 58.8 Å². The fraction of sp³-hybridized carbons (Fsp3) is 0.733. The summed E-state index contributed by atoms with van der Waals surface area (Å²) in [4.78, 5) is 0. The largest absolute Gasteiger partial charge is 0.389 e. The van der Waals surface area contributed by atoms with Crippen molar-refractivity contribution in [1.82, 2.24) is 0 Å². The molecule has 1 nitrogen and oxygen atoms in total. The first kappa shape index (κ1) is 13.5. The quantitative estimate of drug-likeness (QED) is 0.690. The normalized spacial score (nSPS) is 19.2. The predicted molar refractivity (Wildman–Crippen MR) is 70.4 cm³/mol. The molecule has 1 unspecified atom stereocenters. The molecule has 0 saturated heterocycles. The molecule has 1 rings (SSSR count). The zero-order valence-corrected chi connectivity index (χ0v) is 10.8. The van der Waals surface area contributed by atoms with Crippen molar-refractivity contribution in [3.8, 4) is 0 Å². The van der Waals surface area contributed by atoms with Gasteiger partial charge in [-0.2, -0.15) is 0 Å². The molecule has 0 aromatic carbocycles. The van der Waals surface area contributed by atoms with Crippen molar-refractivity contribution in [3.05, 3.63) is 23.8 Å². The van der Waals surface area contributed by atoms with E-state index >= 15 is 0 Å². The van der Waals surface area contributed by atoms with Crippen molar-refractivity contribution < 1.29 is 5.11 Å². The van der Waals surface area contributed by atoms with Crippen LogP contribution in [0, 0.1) is 5.92 Å². The van der Waals surface area contributed by atoms with Crippen molar-refractivity contribution in [2.75, 3.05) is 0 Å². The molecule has 1 fully saturated rings. The van der Waals surface area contributed by atoms with Crippen LogP contribution in [-0.2, 0) is 0 Å². The molecular weight excluding hydrogens is 196 g/mol. The molecule has 0 spiro atoms. The van der Waals surface area contributed by atoms with Gasteiger partial charge in [0.1, 0.15) is 0 Å². The first-order valence-electron chi connectivity index (χ1n) is 6.63. The third kappa shape index (κ3) is 3.79. The minimum atomic E-state index is -0.244. The van der Waals surface area contributed by atoms with E-state index in [9.17, 15) is 5.11 Å². The molecule has 0 aromatic rings. The van der Waals surface area contributed by atoms with Gasteiger partial charge in [-0.25, -0.2) is 0 Å². The van der Waals surface area contributed by atoms with E-state index in [-0.39, 0.29) is 6.10 Å². The van der Waals surface area contributed by atoms with E-state index in [0.717, 1.165) is 12.8 Å². The monoisotopic (exact) mass is 222 g/mol. The Kier molecular flexibility index (Phi) is 5.83. The second-order valence-corrected chi connectivity index (χ2v) is 5.17. The van der Waals surface area contributed by atoms with Crippen LogP contribution in [0.3, 0.4) is 0 Å². The molecule has 1 aliphatic carbocycles. The maximum atomic E-state index is 10.3. The summed E-state index contributed by atoms with van der Waals surface area (Å²) >= 11 is 0. The van der Waals surface area contributed by atoms with Crippen LogP contribution < -0.4 is 0 Å². The number of allylic oxidation sites excluding steroid dienone is 2. The summed E-state index contributed by atoms with van der Waals surface area (Å²) in [6, 6.07) is 0. The van der Waals surface area contributed by atoms with Gasteiger partial charge >= 0.3 is 0 Å². The molecule has 0 bridgehead atoms. The predicted octanol–water partition coefficient (Wildman–Crippen LogP) is 4.23. The van der Waals surface area contributed by atoms with Gasteiger partial charge in [0, 0.05) is 0 Å². The Morgan fingerprint density at radius 1 is 1.31 bits per heavy atom. The lowest BCUT2D eigenvalue weighted by molar-refractivity contribution is 0.178. The Balaban J connectivity index is 2.66. The number of aliphatic hydroxyl groups excluding tert-OH is 1. The molecule has 1 N–H and O–H groups in total. The number of rotatable bonds is 5. The molecule has 0 aromatic heterocycles. The van der Waals surface area contributed by atoms with Crippen molar-refractivity contribution >= 4 is 0 Å². The Morgan fingerprint density at radius 2 is 1.94 bits per heavy atom. The molecule has 16 heavy (non-hydrogen) atoms. The van der Waals surface area contributed by atoms with Gasteiger partial charge in [0.2, 0.25) is 0 Å². The second kappa shape index (κ2) is 6.90. The molecule has 0 aliphatic heterocycles. The average Bonchev–Trinajstić information content (AvgIpc) is 2.27. The summed E-state index contributed by atoms with van der Waals surface area (Å²) in [5.41, 5.74) is 2.64. The van der Waals surface area contributed by atoms with Crippen molar-refractivity contribution in [1.29, 1.82) is 0 Å². The fourth-order valence-electron chi connectivity index (χ4n) is 2.86. The van der Waals surface area contributed by atoms with Crippen molar-refractivity contribution in [3.63, 3.8) is 0 Å². The van der Waals surface area contributed by atoms with Gasteiger partial charge in [-0.3, -0.25) is 0 Å². The standard InChI is InChI=1S/C15H26O/c1-4-5-11-14(16)15(12(2)3)13-9-7-6-8-10-13/h4,13-14,16H,1,5-11H2,2-3H3. The zero-order valence-electron chi connectivity index (χ0n) is 10.8. The molecule has 0 radical (unpaired) electrons. The van der Waals surface area contributed by atoms with E-state index in [1.807, 2.05) is 6.08 Å². The van der Waals surface area contributed by atoms with Gasteiger partial charge in [0.25, 0.3) is 0 Å².